The molecule has 0 saturated carbocycles. The lowest BCUT2D eigenvalue weighted by Crippen LogP contribution is -2.55. The molecule has 1 aliphatic heterocycles. The third-order valence-electron chi connectivity index (χ3n) is 5.63. The van der Waals surface area contributed by atoms with Crippen LogP contribution in [0, 0.1) is 10.8 Å². The second-order valence-corrected chi connectivity index (χ2v) is 8.04. The summed E-state index contributed by atoms with van der Waals surface area (Å²) in [6.45, 7) is 5.96. The molecule has 3 heterocycles. The van der Waals surface area contributed by atoms with E-state index in [1.165, 1.54) is 35.6 Å². The van der Waals surface area contributed by atoms with Crippen LogP contribution in [0.3, 0.4) is 0 Å². The van der Waals surface area contributed by atoms with Crippen LogP contribution >= 0.6 is 0 Å². The normalized spacial score (nSPS) is 16.1. The Morgan fingerprint density at radius 2 is 1.71 bits per heavy atom. The van der Waals surface area contributed by atoms with Gasteiger partial charge in [0.05, 0.1) is 29.8 Å². The predicted molar refractivity (Wildman–Crippen MR) is 124 cm³/mol. The number of hydrogen-bond donors (Lipinski definition) is 2. The van der Waals surface area contributed by atoms with Gasteiger partial charge in [-0.3, -0.25) is 20.7 Å². The Morgan fingerprint density at radius 3 is 2.26 bits per heavy atom. The minimum Gasteiger partial charge on any atom is -0.342 e. The fraction of sp³-hybridized carbons (Fsp3) is 0.304. The van der Waals surface area contributed by atoms with E-state index < -0.39 is 11.7 Å². The number of benzene rings is 1. The van der Waals surface area contributed by atoms with Crippen molar-refractivity contribution < 1.29 is 13.2 Å². The van der Waals surface area contributed by atoms with Crippen LogP contribution in [0.15, 0.2) is 42.9 Å². The highest BCUT2D eigenvalue weighted by Crippen LogP contribution is 2.38. The fourth-order valence-electron chi connectivity index (χ4n) is 4.07. The van der Waals surface area contributed by atoms with Gasteiger partial charge in [0.1, 0.15) is 17.2 Å². The first-order valence-corrected chi connectivity index (χ1v) is 10.7. The van der Waals surface area contributed by atoms with Crippen molar-refractivity contribution in [3.05, 3.63) is 48.4 Å². The number of nitrogens with zero attached hydrogens (tertiary/aromatic N) is 6. The second kappa shape index (κ2) is 8.81. The van der Waals surface area contributed by atoms with E-state index in [1.54, 1.807) is 0 Å². The summed E-state index contributed by atoms with van der Waals surface area (Å²) in [4.78, 5) is 21.3. The average Bonchev–Trinajstić information content (AvgIpc) is 2.82. The maximum absolute atomic E-state index is 13.0. The van der Waals surface area contributed by atoms with Crippen LogP contribution in [0.1, 0.15) is 32.8 Å². The van der Waals surface area contributed by atoms with E-state index in [0.29, 0.717) is 34.9 Å². The van der Waals surface area contributed by atoms with Crippen LogP contribution in [0.2, 0.25) is 0 Å². The van der Waals surface area contributed by atoms with Crippen molar-refractivity contribution in [3.8, 4) is 22.8 Å². The van der Waals surface area contributed by atoms with E-state index in [-0.39, 0.29) is 23.7 Å². The SMILES string of the molecule is CCC1C(=N)N(C=N)c2cnc(-c3nccnc3-c3ccc(C(F)(F)F)cc3)nc2N1C(C)C. The Balaban J connectivity index is 1.85. The molecule has 1 unspecified atom stereocenters. The number of alkyl halides is 3. The number of nitrogens with one attached hydrogen (secondary N) is 2. The van der Waals surface area contributed by atoms with Crippen molar-refractivity contribution in [1.29, 1.82) is 10.8 Å². The molecule has 0 radical (unpaired) electrons. The van der Waals surface area contributed by atoms with Crippen molar-refractivity contribution in [2.75, 3.05) is 9.80 Å². The molecule has 0 spiro atoms. The molecule has 3 aromatic rings. The van der Waals surface area contributed by atoms with Gasteiger partial charge in [0.25, 0.3) is 0 Å². The van der Waals surface area contributed by atoms with Crippen LogP contribution in [0.4, 0.5) is 24.7 Å². The molecule has 0 fully saturated rings. The van der Waals surface area contributed by atoms with Crippen LogP contribution in [0.25, 0.3) is 22.8 Å². The molecule has 34 heavy (non-hydrogen) atoms. The number of hydrogen-bond acceptors (Lipinski definition) is 7. The number of aromatic nitrogens is 4. The zero-order chi connectivity index (χ0) is 24.6. The number of amidine groups is 1. The highest BCUT2D eigenvalue weighted by Gasteiger charge is 2.37. The topological polar surface area (TPSA) is 106 Å². The highest BCUT2D eigenvalue weighted by atomic mass is 19.4. The molecule has 0 amide bonds. The first-order valence-electron chi connectivity index (χ1n) is 10.7. The lowest BCUT2D eigenvalue weighted by atomic mass is 10.0. The summed E-state index contributed by atoms with van der Waals surface area (Å²) in [7, 11) is 0. The standard InChI is InChI=1S/C23H23F3N8/c1-4-16-20(28)33(12-27)17-11-31-21(32-22(17)34(16)13(2)3)19-18(29-9-10-30-19)14-5-7-15(8-6-14)23(24,25)26/h5-13,16,27-28H,4H2,1-3H3. The van der Waals surface area contributed by atoms with Crippen molar-refractivity contribution in [2.24, 2.45) is 0 Å². The van der Waals surface area contributed by atoms with Gasteiger partial charge in [0.2, 0.25) is 0 Å². The molecule has 8 nitrogen and oxygen atoms in total. The summed E-state index contributed by atoms with van der Waals surface area (Å²) in [6.07, 6.45) is 1.74. The van der Waals surface area contributed by atoms with E-state index in [1.807, 2.05) is 25.7 Å². The van der Waals surface area contributed by atoms with Crippen molar-refractivity contribution in [2.45, 2.75) is 45.5 Å². The average molecular weight is 468 g/mol. The van der Waals surface area contributed by atoms with E-state index in [0.717, 1.165) is 18.5 Å². The zero-order valence-electron chi connectivity index (χ0n) is 18.8. The molecule has 2 N–H and O–H groups in total. The van der Waals surface area contributed by atoms with Crippen molar-refractivity contribution in [3.63, 3.8) is 0 Å². The Morgan fingerprint density at radius 1 is 1.06 bits per heavy atom. The van der Waals surface area contributed by atoms with Crippen molar-refractivity contribution in [1.82, 2.24) is 19.9 Å². The predicted octanol–water partition coefficient (Wildman–Crippen LogP) is 5.02. The molecular weight excluding hydrogens is 445 g/mol. The van der Waals surface area contributed by atoms with Gasteiger partial charge >= 0.3 is 6.18 Å². The number of anilines is 2. The third kappa shape index (κ3) is 3.97. The van der Waals surface area contributed by atoms with E-state index in [2.05, 4.69) is 15.0 Å². The first-order chi connectivity index (χ1) is 16.2. The monoisotopic (exact) mass is 468 g/mol. The van der Waals surface area contributed by atoms with Gasteiger partial charge in [0.15, 0.2) is 11.6 Å². The Labute approximate surface area is 194 Å². The third-order valence-corrected chi connectivity index (χ3v) is 5.63. The number of halogens is 3. The Bertz CT molecular complexity index is 1220. The van der Waals surface area contributed by atoms with Crippen LogP contribution < -0.4 is 9.80 Å². The highest BCUT2D eigenvalue weighted by molar-refractivity contribution is 6.16. The molecule has 1 aliphatic rings. The smallest absolute Gasteiger partial charge is 0.342 e. The molecule has 0 saturated heterocycles. The van der Waals surface area contributed by atoms with E-state index >= 15 is 0 Å². The summed E-state index contributed by atoms with van der Waals surface area (Å²) in [5, 5.41) is 16.4. The van der Waals surface area contributed by atoms with Gasteiger partial charge in [-0.05, 0) is 32.4 Å². The molecule has 1 atom stereocenters. The Hall–Kier alpha value is -3.89. The minimum atomic E-state index is -4.43. The maximum atomic E-state index is 13.0. The first kappa shape index (κ1) is 23.3. The molecule has 1 aromatic carbocycles. The summed E-state index contributed by atoms with van der Waals surface area (Å²) in [5.74, 6) is 1.07. The van der Waals surface area contributed by atoms with Gasteiger partial charge in [0, 0.05) is 24.0 Å². The number of fused-ring (bicyclic) bond motifs is 1. The largest absolute Gasteiger partial charge is 0.416 e. The summed E-state index contributed by atoms with van der Waals surface area (Å²) in [5.41, 5.74) is 0.879. The quantitative estimate of drug-likeness (QED) is 0.403. The minimum absolute atomic E-state index is 0.0101. The molecule has 4 rings (SSSR count). The van der Waals surface area contributed by atoms with Gasteiger partial charge in [-0.1, -0.05) is 19.1 Å². The maximum Gasteiger partial charge on any atom is 0.416 e. The lowest BCUT2D eigenvalue weighted by Gasteiger charge is -2.44. The van der Waals surface area contributed by atoms with Crippen LogP contribution in [-0.4, -0.2) is 44.2 Å². The molecule has 11 heteroatoms. The molecule has 2 aromatic heterocycles. The fourth-order valence-corrected chi connectivity index (χ4v) is 4.07. The second-order valence-electron chi connectivity index (χ2n) is 8.04. The van der Waals surface area contributed by atoms with E-state index in [9.17, 15) is 13.2 Å². The van der Waals surface area contributed by atoms with E-state index in [4.69, 9.17) is 15.8 Å². The molecule has 176 valence electrons. The van der Waals surface area contributed by atoms with Crippen LogP contribution in [-0.2, 0) is 6.18 Å². The molecular formula is C23H23F3N8. The summed E-state index contributed by atoms with van der Waals surface area (Å²) >= 11 is 0. The molecule has 0 bridgehead atoms. The van der Waals surface area contributed by atoms with Crippen molar-refractivity contribution >= 4 is 23.7 Å². The molecule has 0 aliphatic carbocycles. The van der Waals surface area contributed by atoms with Gasteiger partial charge < -0.3 is 4.90 Å². The zero-order valence-corrected chi connectivity index (χ0v) is 18.8. The number of rotatable bonds is 5. The lowest BCUT2D eigenvalue weighted by molar-refractivity contribution is -0.137. The summed E-state index contributed by atoms with van der Waals surface area (Å²) in [6, 6.07) is 4.42. The van der Waals surface area contributed by atoms with Gasteiger partial charge in [-0.15, -0.1) is 0 Å². The van der Waals surface area contributed by atoms with Gasteiger partial charge in [-0.25, -0.2) is 15.0 Å². The van der Waals surface area contributed by atoms with Crippen LogP contribution in [0.5, 0.6) is 0 Å². The summed E-state index contributed by atoms with van der Waals surface area (Å²) < 4.78 is 39.0. The Kier molecular flexibility index (Phi) is 6.03. The van der Waals surface area contributed by atoms with Gasteiger partial charge in [-0.2, -0.15) is 13.2 Å².